The number of carbonyl (C=O) groups excluding carboxylic acids is 3. The number of carbonyl (C=O) groups is 3. The molecule has 2 aliphatic heterocycles. The number of anilines is 1. The summed E-state index contributed by atoms with van der Waals surface area (Å²) in [6.07, 6.45) is 1.52. The van der Waals surface area contributed by atoms with Gasteiger partial charge in [0, 0.05) is 49.2 Å². The molecule has 0 spiro atoms. The number of halogens is 1. The van der Waals surface area contributed by atoms with Crippen LogP contribution in [0.3, 0.4) is 0 Å². The molecule has 4 rings (SSSR count). The van der Waals surface area contributed by atoms with Gasteiger partial charge in [-0.15, -0.1) is 0 Å². The summed E-state index contributed by atoms with van der Waals surface area (Å²) in [5.74, 6) is -0.384. The Morgan fingerprint density at radius 3 is 2.31 bits per heavy atom. The number of hydrogen-bond acceptors (Lipinski definition) is 3. The predicted octanol–water partition coefficient (Wildman–Crippen LogP) is 3.56. The van der Waals surface area contributed by atoms with Crippen LogP contribution >= 0.6 is 11.6 Å². The fraction of sp³-hybridized carbons (Fsp3) is 0.400. The normalized spacial score (nSPS) is 19.3. The average Bonchev–Trinajstić information content (AvgIpc) is 3.20. The summed E-state index contributed by atoms with van der Waals surface area (Å²) in [4.78, 5) is 41.6. The Kier molecular flexibility index (Phi) is 6.80. The van der Waals surface area contributed by atoms with Crippen LogP contribution in [-0.2, 0) is 20.9 Å². The summed E-state index contributed by atoms with van der Waals surface area (Å²) in [5.41, 5.74) is 2.97. The van der Waals surface area contributed by atoms with Crippen molar-refractivity contribution in [3.05, 3.63) is 64.7 Å². The van der Waals surface area contributed by atoms with E-state index in [4.69, 9.17) is 11.6 Å². The SMILES string of the molecule is Cc1ccc(N2CC(C(=O)N3CCC(C(=O)NCc4ccc(Cl)cc4)CC3)CC2=O)cc1. The van der Waals surface area contributed by atoms with E-state index in [0.29, 0.717) is 44.0 Å². The van der Waals surface area contributed by atoms with Gasteiger partial charge in [0.2, 0.25) is 17.7 Å². The Balaban J connectivity index is 1.26. The molecule has 2 aromatic carbocycles. The Labute approximate surface area is 193 Å². The number of nitrogens with zero attached hydrogens (tertiary/aromatic N) is 2. The summed E-state index contributed by atoms with van der Waals surface area (Å²) in [6, 6.07) is 15.2. The van der Waals surface area contributed by atoms with Crippen molar-refractivity contribution in [1.82, 2.24) is 10.2 Å². The van der Waals surface area contributed by atoms with Crippen molar-refractivity contribution in [1.29, 1.82) is 0 Å². The van der Waals surface area contributed by atoms with Crippen molar-refractivity contribution in [2.75, 3.05) is 24.5 Å². The van der Waals surface area contributed by atoms with Crippen molar-refractivity contribution in [2.24, 2.45) is 11.8 Å². The molecule has 0 aromatic heterocycles. The Morgan fingerprint density at radius 1 is 1.00 bits per heavy atom. The minimum Gasteiger partial charge on any atom is -0.352 e. The van der Waals surface area contributed by atoms with Gasteiger partial charge in [-0.05, 0) is 49.6 Å². The number of aryl methyl sites for hydroxylation is 1. The predicted molar refractivity (Wildman–Crippen MR) is 124 cm³/mol. The molecule has 2 heterocycles. The second kappa shape index (κ2) is 9.74. The smallest absolute Gasteiger partial charge is 0.228 e. The van der Waals surface area contributed by atoms with Gasteiger partial charge in [0.15, 0.2) is 0 Å². The van der Waals surface area contributed by atoms with E-state index < -0.39 is 0 Å². The minimum atomic E-state index is -0.320. The van der Waals surface area contributed by atoms with Gasteiger partial charge in [0.25, 0.3) is 0 Å². The fourth-order valence-corrected chi connectivity index (χ4v) is 4.53. The second-order valence-electron chi connectivity index (χ2n) is 8.68. The molecule has 1 N–H and O–H groups in total. The van der Waals surface area contributed by atoms with Crippen LogP contribution < -0.4 is 10.2 Å². The molecule has 3 amide bonds. The van der Waals surface area contributed by atoms with E-state index in [1.165, 1.54) is 0 Å². The first-order chi connectivity index (χ1) is 15.4. The lowest BCUT2D eigenvalue weighted by molar-refractivity contribution is -0.139. The highest BCUT2D eigenvalue weighted by Crippen LogP contribution is 2.28. The molecule has 0 radical (unpaired) electrons. The first-order valence-corrected chi connectivity index (χ1v) is 11.5. The standard InChI is InChI=1S/C25H28ClN3O3/c1-17-2-8-22(9-3-17)29-16-20(14-23(29)30)25(32)28-12-10-19(11-13-28)24(31)27-15-18-4-6-21(26)7-5-18/h2-9,19-20H,10-16H2,1H3,(H,27,31). The minimum absolute atomic E-state index is 0.0105. The lowest BCUT2D eigenvalue weighted by Crippen LogP contribution is -2.45. The number of rotatable bonds is 5. The lowest BCUT2D eigenvalue weighted by Gasteiger charge is -2.33. The lowest BCUT2D eigenvalue weighted by atomic mass is 9.94. The summed E-state index contributed by atoms with van der Waals surface area (Å²) >= 11 is 5.89. The summed E-state index contributed by atoms with van der Waals surface area (Å²) in [6.45, 7) is 3.99. The second-order valence-corrected chi connectivity index (χ2v) is 9.12. The topological polar surface area (TPSA) is 69.7 Å². The van der Waals surface area contributed by atoms with E-state index in [2.05, 4.69) is 5.32 Å². The van der Waals surface area contributed by atoms with Gasteiger partial charge in [-0.2, -0.15) is 0 Å². The Hall–Kier alpha value is -2.86. The van der Waals surface area contributed by atoms with E-state index >= 15 is 0 Å². The molecule has 6 nitrogen and oxygen atoms in total. The Morgan fingerprint density at radius 2 is 1.66 bits per heavy atom. The molecule has 2 aliphatic rings. The van der Waals surface area contributed by atoms with Gasteiger partial charge < -0.3 is 15.1 Å². The third kappa shape index (κ3) is 5.13. The molecule has 7 heteroatoms. The molecule has 1 unspecified atom stereocenters. The summed E-state index contributed by atoms with van der Waals surface area (Å²) in [7, 11) is 0. The quantitative estimate of drug-likeness (QED) is 0.752. The van der Waals surface area contributed by atoms with Crippen LogP contribution in [0, 0.1) is 18.8 Å². The average molecular weight is 454 g/mol. The molecule has 2 aromatic rings. The number of nitrogens with one attached hydrogen (secondary N) is 1. The van der Waals surface area contributed by atoms with Crippen LogP contribution in [0.2, 0.25) is 5.02 Å². The van der Waals surface area contributed by atoms with Crippen molar-refractivity contribution >= 4 is 35.0 Å². The van der Waals surface area contributed by atoms with E-state index in [-0.39, 0.29) is 36.0 Å². The zero-order valence-electron chi connectivity index (χ0n) is 18.2. The zero-order chi connectivity index (χ0) is 22.7. The Bertz CT molecular complexity index is 982. The zero-order valence-corrected chi connectivity index (χ0v) is 19.0. The van der Waals surface area contributed by atoms with Crippen LogP contribution in [0.4, 0.5) is 5.69 Å². The van der Waals surface area contributed by atoms with Crippen molar-refractivity contribution in [3.63, 3.8) is 0 Å². The third-order valence-electron chi connectivity index (χ3n) is 6.38. The highest BCUT2D eigenvalue weighted by molar-refractivity contribution is 6.30. The molecule has 0 bridgehead atoms. The number of amides is 3. The van der Waals surface area contributed by atoms with E-state index in [9.17, 15) is 14.4 Å². The van der Waals surface area contributed by atoms with Crippen LogP contribution in [0.25, 0.3) is 0 Å². The van der Waals surface area contributed by atoms with Gasteiger partial charge in [-0.25, -0.2) is 0 Å². The summed E-state index contributed by atoms with van der Waals surface area (Å²) < 4.78 is 0. The maximum atomic E-state index is 13.0. The van der Waals surface area contributed by atoms with Crippen LogP contribution in [0.1, 0.15) is 30.4 Å². The van der Waals surface area contributed by atoms with Crippen LogP contribution in [0.5, 0.6) is 0 Å². The third-order valence-corrected chi connectivity index (χ3v) is 6.63. The van der Waals surface area contributed by atoms with Gasteiger partial charge in [-0.3, -0.25) is 14.4 Å². The maximum absolute atomic E-state index is 13.0. The number of likely N-dealkylation sites (tertiary alicyclic amines) is 1. The fourth-order valence-electron chi connectivity index (χ4n) is 4.40. The highest BCUT2D eigenvalue weighted by Gasteiger charge is 2.38. The van der Waals surface area contributed by atoms with Gasteiger partial charge in [-0.1, -0.05) is 41.4 Å². The number of benzene rings is 2. The molecular formula is C25H28ClN3O3. The van der Waals surface area contributed by atoms with Crippen molar-refractivity contribution in [2.45, 2.75) is 32.7 Å². The van der Waals surface area contributed by atoms with Gasteiger partial charge in [0.1, 0.15) is 0 Å². The van der Waals surface area contributed by atoms with Gasteiger partial charge in [0.05, 0.1) is 5.92 Å². The molecule has 1 atom stereocenters. The molecule has 2 saturated heterocycles. The molecule has 32 heavy (non-hydrogen) atoms. The molecule has 0 aliphatic carbocycles. The van der Waals surface area contributed by atoms with Crippen LogP contribution in [0.15, 0.2) is 48.5 Å². The molecule has 168 valence electrons. The largest absolute Gasteiger partial charge is 0.352 e. The molecule has 0 saturated carbocycles. The van der Waals surface area contributed by atoms with E-state index in [1.807, 2.05) is 48.2 Å². The highest BCUT2D eigenvalue weighted by atomic mass is 35.5. The number of piperidine rings is 1. The van der Waals surface area contributed by atoms with Crippen molar-refractivity contribution in [3.8, 4) is 0 Å². The number of hydrogen-bond donors (Lipinski definition) is 1. The van der Waals surface area contributed by atoms with Crippen molar-refractivity contribution < 1.29 is 14.4 Å². The van der Waals surface area contributed by atoms with Gasteiger partial charge >= 0.3 is 0 Å². The molecular weight excluding hydrogens is 426 g/mol. The summed E-state index contributed by atoms with van der Waals surface area (Å²) in [5, 5.41) is 3.65. The maximum Gasteiger partial charge on any atom is 0.228 e. The van der Waals surface area contributed by atoms with E-state index in [1.54, 1.807) is 17.0 Å². The monoisotopic (exact) mass is 453 g/mol. The first kappa shape index (κ1) is 22.3. The molecule has 2 fully saturated rings. The van der Waals surface area contributed by atoms with Crippen LogP contribution in [-0.4, -0.2) is 42.3 Å². The first-order valence-electron chi connectivity index (χ1n) is 11.1. The van der Waals surface area contributed by atoms with E-state index in [0.717, 1.165) is 16.8 Å².